The van der Waals surface area contributed by atoms with Crippen LogP contribution in [-0.2, 0) is 4.79 Å². The smallest absolute Gasteiger partial charge is 0.342 e. The van der Waals surface area contributed by atoms with Gasteiger partial charge in [0.2, 0.25) is 5.91 Å². The van der Waals surface area contributed by atoms with Gasteiger partial charge in [-0.15, -0.1) is 0 Å². The number of hydrogen-bond acceptors (Lipinski definition) is 6. The highest BCUT2D eigenvalue weighted by Gasteiger charge is 2.20. The zero-order valence-corrected chi connectivity index (χ0v) is 19.0. The van der Waals surface area contributed by atoms with Gasteiger partial charge in [0.15, 0.2) is 0 Å². The number of benzene rings is 1. The third-order valence-electron chi connectivity index (χ3n) is 5.66. The van der Waals surface area contributed by atoms with Crippen LogP contribution in [0.25, 0.3) is 22.4 Å². The quantitative estimate of drug-likeness (QED) is 0.596. The minimum Gasteiger partial charge on any atom is -0.506 e. The molecule has 2 N–H and O–H groups in total. The number of aromatic hydroxyl groups is 1. The molecule has 33 heavy (non-hydrogen) atoms. The number of phenolic OH excluding ortho intramolecular Hbond substituents is 1. The Morgan fingerprint density at radius 3 is 2.48 bits per heavy atom. The third kappa shape index (κ3) is 5.32. The maximum Gasteiger partial charge on any atom is 0.342 e. The largest absolute Gasteiger partial charge is 0.506 e. The molecule has 0 saturated carbocycles. The first-order chi connectivity index (χ1) is 15.9. The van der Waals surface area contributed by atoms with E-state index in [0.29, 0.717) is 37.4 Å². The van der Waals surface area contributed by atoms with Crippen LogP contribution in [0, 0.1) is 0 Å². The van der Waals surface area contributed by atoms with Crippen LogP contribution in [0.2, 0.25) is 5.02 Å². The molecule has 1 fully saturated rings. The first-order valence-corrected chi connectivity index (χ1v) is 11.0. The van der Waals surface area contributed by atoms with E-state index >= 15 is 0 Å². The Hall–Kier alpha value is -3.43. The van der Waals surface area contributed by atoms with Crippen molar-refractivity contribution in [2.24, 2.45) is 0 Å². The molecular formula is C23H25ClN6O3. The van der Waals surface area contributed by atoms with E-state index in [4.69, 9.17) is 11.6 Å². The number of amides is 2. The van der Waals surface area contributed by atoms with Crippen LogP contribution in [-0.4, -0.2) is 80.9 Å². The lowest BCUT2D eigenvalue weighted by Crippen LogP contribution is -2.49. The lowest BCUT2D eigenvalue weighted by atomic mass is 10.0. The van der Waals surface area contributed by atoms with E-state index in [1.807, 2.05) is 17.0 Å². The van der Waals surface area contributed by atoms with Gasteiger partial charge in [-0.05, 0) is 29.8 Å². The molecule has 0 bridgehead atoms. The number of halogens is 1. The maximum absolute atomic E-state index is 12.8. The normalized spacial score (nSPS) is 14.3. The first kappa shape index (κ1) is 22.8. The molecule has 0 unspecified atom stereocenters. The number of nitrogens with zero attached hydrogens (tertiary/aromatic N) is 5. The summed E-state index contributed by atoms with van der Waals surface area (Å²) >= 11 is 5.95. The van der Waals surface area contributed by atoms with Gasteiger partial charge in [0.05, 0.1) is 5.02 Å². The predicted molar refractivity (Wildman–Crippen MR) is 125 cm³/mol. The summed E-state index contributed by atoms with van der Waals surface area (Å²) < 4.78 is 1.27. The van der Waals surface area contributed by atoms with Crippen molar-refractivity contribution in [3.8, 4) is 28.1 Å². The van der Waals surface area contributed by atoms with Gasteiger partial charge in [0.1, 0.15) is 11.4 Å². The molecule has 2 aromatic heterocycles. The number of phenols is 1. The summed E-state index contributed by atoms with van der Waals surface area (Å²) in [6.07, 6.45) is 5.00. The predicted octanol–water partition coefficient (Wildman–Crippen LogP) is 2.69. The second-order valence-electron chi connectivity index (χ2n) is 7.82. The summed E-state index contributed by atoms with van der Waals surface area (Å²) in [5.41, 5.74) is 2.76. The average Bonchev–Trinajstić information content (AvgIpc) is 3.27. The molecule has 1 aromatic carbocycles. The van der Waals surface area contributed by atoms with Crippen LogP contribution >= 0.6 is 11.6 Å². The summed E-state index contributed by atoms with van der Waals surface area (Å²) in [5.74, 6) is 0.0372. The van der Waals surface area contributed by atoms with E-state index in [2.05, 4.69) is 20.3 Å². The Morgan fingerprint density at radius 1 is 1.09 bits per heavy atom. The van der Waals surface area contributed by atoms with E-state index < -0.39 is 0 Å². The van der Waals surface area contributed by atoms with E-state index in [1.54, 1.807) is 37.6 Å². The molecule has 4 rings (SSSR count). The second-order valence-corrected chi connectivity index (χ2v) is 8.22. The molecule has 3 aromatic rings. The van der Waals surface area contributed by atoms with Gasteiger partial charge in [-0.2, -0.15) is 9.78 Å². The maximum atomic E-state index is 12.8. The molecule has 172 valence electrons. The zero-order chi connectivity index (χ0) is 23.4. The van der Waals surface area contributed by atoms with Gasteiger partial charge < -0.3 is 15.3 Å². The highest BCUT2D eigenvalue weighted by molar-refractivity contribution is 6.32. The minimum absolute atomic E-state index is 0.0567. The second kappa shape index (κ2) is 10.0. The van der Waals surface area contributed by atoms with Gasteiger partial charge in [0.25, 0.3) is 0 Å². The number of piperazine rings is 1. The molecule has 0 radical (unpaired) electrons. The summed E-state index contributed by atoms with van der Waals surface area (Å²) in [7, 11) is 0. The average molecular weight is 469 g/mol. The van der Waals surface area contributed by atoms with Gasteiger partial charge in [-0.25, -0.2) is 4.79 Å². The van der Waals surface area contributed by atoms with Gasteiger partial charge >= 0.3 is 6.03 Å². The molecule has 3 heterocycles. The third-order valence-corrected chi connectivity index (χ3v) is 5.97. The SMILES string of the molecule is CC(=O)N1CCN(CCNC(=O)n2cc(-c3ccncc3)c(-c3ccc(Cl)c(O)c3)n2)CC1. The van der Waals surface area contributed by atoms with Crippen molar-refractivity contribution in [2.45, 2.75) is 6.92 Å². The van der Waals surface area contributed by atoms with Crippen LogP contribution in [0.4, 0.5) is 4.79 Å². The molecule has 0 atom stereocenters. The van der Waals surface area contributed by atoms with Gasteiger partial charge in [0, 0.05) is 75.9 Å². The molecule has 0 aliphatic carbocycles. The van der Waals surface area contributed by atoms with Crippen molar-refractivity contribution >= 4 is 23.5 Å². The minimum atomic E-state index is -0.350. The number of nitrogens with one attached hydrogen (secondary N) is 1. The molecule has 9 nitrogen and oxygen atoms in total. The summed E-state index contributed by atoms with van der Waals surface area (Å²) in [5, 5.41) is 17.7. The van der Waals surface area contributed by atoms with Crippen LogP contribution < -0.4 is 5.32 Å². The van der Waals surface area contributed by atoms with Crippen molar-refractivity contribution < 1.29 is 14.7 Å². The number of hydrogen-bond donors (Lipinski definition) is 2. The zero-order valence-electron chi connectivity index (χ0n) is 18.2. The van der Waals surface area contributed by atoms with E-state index in [0.717, 1.165) is 24.2 Å². The van der Waals surface area contributed by atoms with Gasteiger partial charge in [-0.3, -0.25) is 14.7 Å². The standard InChI is InChI=1S/C23H25ClN6O3/c1-16(31)29-12-10-28(11-13-29)9-8-26-23(33)30-15-19(17-4-6-25-7-5-17)22(27-30)18-2-3-20(24)21(32)14-18/h2-7,14-15,32H,8-13H2,1H3,(H,26,33). The lowest BCUT2D eigenvalue weighted by Gasteiger charge is -2.34. The molecule has 0 spiro atoms. The highest BCUT2D eigenvalue weighted by atomic mass is 35.5. The fourth-order valence-corrected chi connectivity index (χ4v) is 3.90. The van der Waals surface area contributed by atoms with Crippen LogP contribution in [0.15, 0.2) is 48.9 Å². The number of carbonyl (C=O) groups is 2. The Bertz CT molecular complexity index is 1140. The van der Waals surface area contributed by atoms with Crippen molar-refractivity contribution in [1.82, 2.24) is 29.9 Å². The summed E-state index contributed by atoms with van der Waals surface area (Å²) in [6, 6.07) is 8.18. The molecule has 2 amide bonds. The molecule has 1 aliphatic rings. The van der Waals surface area contributed by atoms with Crippen LogP contribution in [0.5, 0.6) is 5.75 Å². The van der Waals surface area contributed by atoms with E-state index in [9.17, 15) is 14.7 Å². The number of aromatic nitrogens is 3. The number of pyridine rings is 1. The monoisotopic (exact) mass is 468 g/mol. The van der Waals surface area contributed by atoms with E-state index in [1.165, 1.54) is 10.7 Å². The topological polar surface area (TPSA) is 104 Å². The van der Waals surface area contributed by atoms with Crippen LogP contribution in [0.3, 0.4) is 0 Å². The molecular weight excluding hydrogens is 444 g/mol. The van der Waals surface area contributed by atoms with Crippen molar-refractivity contribution in [3.05, 3.63) is 53.9 Å². The molecule has 1 aliphatic heterocycles. The lowest BCUT2D eigenvalue weighted by molar-refractivity contribution is -0.130. The number of carbonyl (C=O) groups excluding carboxylic acids is 2. The van der Waals surface area contributed by atoms with Crippen molar-refractivity contribution in [3.63, 3.8) is 0 Å². The van der Waals surface area contributed by atoms with E-state index in [-0.39, 0.29) is 22.7 Å². The molecule has 1 saturated heterocycles. The Kier molecular flexibility index (Phi) is 6.90. The summed E-state index contributed by atoms with van der Waals surface area (Å²) in [6.45, 7) is 5.71. The highest BCUT2D eigenvalue weighted by Crippen LogP contribution is 2.34. The number of rotatable bonds is 5. The first-order valence-electron chi connectivity index (χ1n) is 10.7. The fraction of sp³-hybridized carbons (Fsp3) is 0.304. The van der Waals surface area contributed by atoms with Crippen LogP contribution in [0.1, 0.15) is 6.92 Å². The fourth-order valence-electron chi connectivity index (χ4n) is 3.78. The Labute approximate surface area is 196 Å². The van der Waals surface area contributed by atoms with Gasteiger partial charge in [-0.1, -0.05) is 17.7 Å². The summed E-state index contributed by atoms with van der Waals surface area (Å²) in [4.78, 5) is 32.4. The molecule has 10 heteroatoms. The van der Waals surface area contributed by atoms with Crippen molar-refractivity contribution in [1.29, 1.82) is 0 Å². The Balaban J connectivity index is 1.47. The Morgan fingerprint density at radius 2 is 1.82 bits per heavy atom. The van der Waals surface area contributed by atoms with Crippen molar-refractivity contribution in [2.75, 3.05) is 39.3 Å².